The van der Waals surface area contributed by atoms with Crippen LogP contribution < -0.4 is 5.73 Å². The van der Waals surface area contributed by atoms with Gasteiger partial charge in [-0.2, -0.15) is 0 Å². The topological polar surface area (TPSA) is 88.7 Å². The fraction of sp³-hybridized carbons (Fsp3) is 0.538. The zero-order valence-corrected chi connectivity index (χ0v) is 11.0. The number of hydrogen-bond acceptors (Lipinski definition) is 5. The second-order valence-corrected chi connectivity index (χ2v) is 4.81. The Labute approximate surface area is 112 Å². The lowest BCUT2D eigenvalue weighted by atomic mass is 10.2. The van der Waals surface area contributed by atoms with Crippen LogP contribution in [0.5, 0.6) is 0 Å². The van der Waals surface area contributed by atoms with Crippen LogP contribution in [0, 0.1) is 0 Å². The number of pyridine rings is 1. The maximum absolute atomic E-state index is 12.2. The van der Waals surface area contributed by atoms with Crippen LogP contribution in [-0.2, 0) is 16.0 Å². The van der Waals surface area contributed by atoms with Crippen molar-refractivity contribution in [2.24, 2.45) is 0 Å². The van der Waals surface area contributed by atoms with Gasteiger partial charge in [0.1, 0.15) is 0 Å². The number of hydrogen-bond donors (Lipinski definition) is 2. The Morgan fingerprint density at radius 2 is 2.37 bits per heavy atom. The molecule has 2 rings (SSSR count). The molecule has 0 radical (unpaired) electrons. The van der Waals surface area contributed by atoms with E-state index in [1.165, 1.54) is 0 Å². The number of nitrogen functional groups attached to an aromatic ring is 1. The van der Waals surface area contributed by atoms with E-state index in [1.807, 2.05) is 6.92 Å². The number of morpholine rings is 1. The van der Waals surface area contributed by atoms with Crippen LogP contribution in [0.4, 0.5) is 5.69 Å². The number of nitrogens with zero attached hydrogens (tertiary/aromatic N) is 2. The van der Waals surface area contributed by atoms with E-state index in [9.17, 15) is 4.79 Å². The van der Waals surface area contributed by atoms with Gasteiger partial charge in [-0.1, -0.05) is 0 Å². The lowest BCUT2D eigenvalue weighted by molar-refractivity contribution is -0.146. The molecule has 0 bridgehead atoms. The van der Waals surface area contributed by atoms with E-state index in [-0.39, 0.29) is 31.1 Å². The molecule has 2 heterocycles. The van der Waals surface area contributed by atoms with Crippen molar-refractivity contribution in [2.75, 3.05) is 25.4 Å². The molecule has 1 saturated heterocycles. The molecule has 6 heteroatoms. The van der Waals surface area contributed by atoms with Crippen LogP contribution in [0.3, 0.4) is 0 Å². The van der Waals surface area contributed by atoms with Crippen molar-refractivity contribution in [3.63, 3.8) is 0 Å². The third-order valence-corrected chi connectivity index (χ3v) is 3.06. The quantitative estimate of drug-likeness (QED) is 0.791. The van der Waals surface area contributed by atoms with Gasteiger partial charge in [-0.15, -0.1) is 0 Å². The highest BCUT2D eigenvalue weighted by Crippen LogP contribution is 2.12. The van der Waals surface area contributed by atoms with E-state index in [2.05, 4.69) is 4.98 Å². The molecule has 1 aliphatic rings. The van der Waals surface area contributed by atoms with Crippen LogP contribution >= 0.6 is 0 Å². The van der Waals surface area contributed by atoms with Gasteiger partial charge in [0, 0.05) is 18.8 Å². The number of nitrogens with two attached hydrogens (primary N) is 1. The first-order valence-electron chi connectivity index (χ1n) is 6.33. The SMILES string of the molecule is CC1CN(C(=O)Cc2ccc(N)cn2)CC(CO)O1. The first kappa shape index (κ1) is 13.8. The van der Waals surface area contributed by atoms with E-state index in [0.29, 0.717) is 24.5 Å². The molecule has 0 aromatic carbocycles. The number of ether oxygens (including phenoxy) is 1. The van der Waals surface area contributed by atoms with E-state index >= 15 is 0 Å². The smallest absolute Gasteiger partial charge is 0.228 e. The number of amides is 1. The standard InChI is InChI=1S/C13H19N3O3/c1-9-6-16(7-12(8-17)19-9)13(18)4-11-3-2-10(14)5-15-11/h2-3,5,9,12,17H,4,6-8,14H2,1H3. The van der Waals surface area contributed by atoms with Gasteiger partial charge >= 0.3 is 0 Å². The Morgan fingerprint density at radius 3 is 3.00 bits per heavy atom. The molecule has 19 heavy (non-hydrogen) atoms. The molecule has 3 N–H and O–H groups in total. The summed E-state index contributed by atoms with van der Waals surface area (Å²) in [7, 11) is 0. The average molecular weight is 265 g/mol. The van der Waals surface area contributed by atoms with Crippen molar-refractivity contribution >= 4 is 11.6 Å². The number of aliphatic hydroxyl groups excluding tert-OH is 1. The molecule has 0 aliphatic carbocycles. The molecule has 1 aromatic heterocycles. The van der Waals surface area contributed by atoms with E-state index in [4.69, 9.17) is 15.6 Å². The lowest BCUT2D eigenvalue weighted by Crippen LogP contribution is -2.50. The summed E-state index contributed by atoms with van der Waals surface area (Å²) < 4.78 is 5.51. The average Bonchev–Trinajstić information content (AvgIpc) is 2.40. The molecule has 1 aliphatic heterocycles. The Bertz CT molecular complexity index is 435. The predicted molar refractivity (Wildman–Crippen MR) is 70.4 cm³/mol. The van der Waals surface area contributed by atoms with Crippen molar-refractivity contribution < 1.29 is 14.6 Å². The van der Waals surface area contributed by atoms with Gasteiger partial charge in [-0.05, 0) is 19.1 Å². The van der Waals surface area contributed by atoms with Crippen molar-refractivity contribution in [3.8, 4) is 0 Å². The van der Waals surface area contributed by atoms with Gasteiger partial charge in [-0.25, -0.2) is 0 Å². The number of aliphatic hydroxyl groups is 1. The minimum absolute atomic E-state index is 0.00845. The zero-order chi connectivity index (χ0) is 13.8. The van der Waals surface area contributed by atoms with E-state index in [0.717, 1.165) is 0 Å². The highest BCUT2D eigenvalue weighted by Gasteiger charge is 2.27. The number of rotatable bonds is 3. The largest absolute Gasteiger partial charge is 0.397 e. The normalized spacial score (nSPS) is 23.4. The highest BCUT2D eigenvalue weighted by molar-refractivity contribution is 5.78. The predicted octanol–water partition coefficient (Wildman–Crippen LogP) is -0.186. The number of carbonyl (C=O) groups is 1. The molecule has 2 atom stereocenters. The zero-order valence-electron chi connectivity index (χ0n) is 11.0. The van der Waals surface area contributed by atoms with Gasteiger partial charge in [0.15, 0.2) is 0 Å². The molecular weight excluding hydrogens is 246 g/mol. The van der Waals surface area contributed by atoms with Gasteiger partial charge in [0.05, 0.1) is 37.1 Å². The van der Waals surface area contributed by atoms with Crippen molar-refractivity contribution in [3.05, 3.63) is 24.0 Å². The van der Waals surface area contributed by atoms with Gasteiger partial charge in [0.25, 0.3) is 0 Å². The maximum Gasteiger partial charge on any atom is 0.228 e. The molecule has 1 fully saturated rings. The second kappa shape index (κ2) is 5.99. The van der Waals surface area contributed by atoms with Crippen LogP contribution in [0.1, 0.15) is 12.6 Å². The molecule has 0 saturated carbocycles. The fourth-order valence-electron chi connectivity index (χ4n) is 2.16. The third-order valence-electron chi connectivity index (χ3n) is 3.06. The summed E-state index contributed by atoms with van der Waals surface area (Å²) in [5.74, 6) is -0.00845. The minimum Gasteiger partial charge on any atom is -0.397 e. The molecule has 1 aromatic rings. The van der Waals surface area contributed by atoms with Gasteiger partial charge < -0.3 is 20.5 Å². The number of anilines is 1. The van der Waals surface area contributed by atoms with Crippen molar-refractivity contribution in [1.29, 1.82) is 0 Å². The van der Waals surface area contributed by atoms with E-state index in [1.54, 1.807) is 23.2 Å². The molecular formula is C13H19N3O3. The fourth-order valence-corrected chi connectivity index (χ4v) is 2.16. The van der Waals surface area contributed by atoms with E-state index < -0.39 is 0 Å². The Hall–Kier alpha value is -1.66. The molecule has 104 valence electrons. The molecule has 6 nitrogen and oxygen atoms in total. The first-order valence-corrected chi connectivity index (χ1v) is 6.33. The van der Waals surface area contributed by atoms with Gasteiger partial charge in [-0.3, -0.25) is 9.78 Å². The van der Waals surface area contributed by atoms with Crippen LogP contribution in [0.2, 0.25) is 0 Å². The summed E-state index contributed by atoms with van der Waals surface area (Å²) in [4.78, 5) is 18.0. The lowest BCUT2D eigenvalue weighted by Gasteiger charge is -2.36. The molecule has 1 amide bonds. The summed E-state index contributed by atoms with van der Waals surface area (Å²) in [5.41, 5.74) is 6.83. The number of carbonyl (C=O) groups excluding carboxylic acids is 1. The third kappa shape index (κ3) is 3.65. The Morgan fingerprint density at radius 1 is 1.58 bits per heavy atom. The highest BCUT2D eigenvalue weighted by atomic mass is 16.5. The van der Waals surface area contributed by atoms with Crippen LogP contribution in [-0.4, -0.2) is 52.8 Å². The summed E-state index contributed by atoms with van der Waals surface area (Å²) in [6.07, 6.45) is 1.42. The van der Waals surface area contributed by atoms with Crippen molar-refractivity contribution in [2.45, 2.75) is 25.6 Å². The first-order chi connectivity index (χ1) is 9.08. The van der Waals surface area contributed by atoms with Crippen LogP contribution in [0.15, 0.2) is 18.3 Å². The summed E-state index contributed by atoms with van der Waals surface area (Å²) in [6, 6.07) is 3.48. The second-order valence-electron chi connectivity index (χ2n) is 4.81. The minimum atomic E-state index is -0.299. The summed E-state index contributed by atoms with van der Waals surface area (Å²) in [5, 5.41) is 9.14. The molecule has 0 spiro atoms. The van der Waals surface area contributed by atoms with Crippen molar-refractivity contribution in [1.82, 2.24) is 9.88 Å². The number of aromatic nitrogens is 1. The van der Waals surface area contributed by atoms with Crippen LogP contribution in [0.25, 0.3) is 0 Å². The van der Waals surface area contributed by atoms with Gasteiger partial charge in [0.2, 0.25) is 5.91 Å². The summed E-state index contributed by atoms with van der Waals surface area (Å²) >= 11 is 0. The summed E-state index contributed by atoms with van der Waals surface area (Å²) in [6.45, 7) is 2.79. The monoisotopic (exact) mass is 265 g/mol. The Balaban J connectivity index is 1.97. The maximum atomic E-state index is 12.2. The Kier molecular flexibility index (Phi) is 4.34. The molecule has 2 unspecified atom stereocenters.